The monoisotopic (exact) mass is 284 g/mol. The molecule has 1 fully saturated rings. The highest BCUT2D eigenvalue weighted by Crippen LogP contribution is 2.24. The van der Waals surface area contributed by atoms with Gasteiger partial charge >= 0.3 is 6.61 Å². The van der Waals surface area contributed by atoms with E-state index in [-0.39, 0.29) is 11.8 Å². The van der Waals surface area contributed by atoms with Crippen LogP contribution >= 0.6 is 0 Å². The molecule has 0 radical (unpaired) electrons. The van der Waals surface area contributed by atoms with Crippen molar-refractivity contribution in [1.29, 1.82) is 0 Å². The molecule has 1 aromatic carbocycles. The quantitative estimate of drug-likeness (QED) is 0.869. The van der Waals surface area contributed by atoms with Crippen molar-refractivity contribution in [1.82, 2.24) is 10.2 Å². The number of alkyl halides is 2. The molecule has 0 amide bonds. The van der Waals surface area contributed by atoms with Crippen LogP contribution in [0, 0.1) is 0 Å². The van der Waals surface area contributed by atoms with Gasteiger partial charge in [0.2, 0.25) is 0 Å². The van der Waals surface area contributed by atoms with Gasteiger partial charge in [0, 0.05) is 18.6 Å². The minimum atomic E-state index is -2.78. The molecule has 20 heavy (non-hydrogen) atoms. The molecule has 1 aromatic rings. The lowest BCUT2D eigenvalue weighted by molar-refractivity contribution is -0.0499. The van der Waals surface area contributed by atoms with Gasteiger partial charge in [-0.1, -0.05) is 12.1 Å². The molecule has 0 bridgehead atoms. The van der Waals surface area contributed by atoms with E-state index in [1.54, 1.807) is 18.2 Å². The maximum absolute atomic E-state index is 12.2. The summed E-state index contributed by atoms with van der Waals surface area (Å²) in [4.78, 5) is 2.24. The summed E-state index contributed by atoms with van der Waals surface area (Å²) in [6, 6.07) is 7.64. The Kier molecular flexibility index (Phi) is 5.31. The SMILES string of the molecule is CC(c1cccc(OC(F)F)c1)N(C)CC1CCCN1. The van der Waals surface area contributed by atoms with E-state index in [2.05, 4.69) is 28.9 Å². The fraction of sp³-hybridized carbons (Fsp3) is 0.600. The third-order valence-corrected chi connectivity index (χ3v) is 3.90. The summed E-state index contributed by atoms with van der Waals surface area (Å²) in [5.74, 6) is 0.219. The molecule has 2 rings (SSSR count). The Hall–Kier alpha value is -1.20. The van der Waals surface area contributed by atoms with Crippen molar-refractivity contribution >= 4 is 0 Å². The molecule has 0 saturated carbocycles. The number of nitrogens with one attached hydrogen (secondary N) is 1. The summed E-state index contributed by atoms with van der Waals surface area (Å²) in [6.45, 7) is 1.35. The second-order valence-electron chi connectivity index (χ2n) is 5.36. The van der Waals surface area contributed by atoms with Gasteiger partial charge in [0.05, 0.1) is 0 Å². The number of benzene rings is 1. The molecule has 0 aromatic heterocycles. The van der Waals surface area contributed by atoms with Gasteiger partial charge in [-0.2, -0.15) is 8.78 Å². The van der Waals surface area contributed by atoms with Crippen LogP contribution in [-0.2, 0) is 0 Å². The highest BCUT2D eigenvalue weighted by atomic mass is 19.3. The topological polar surface area (TPSA) is 24.5 Å². The Bertz CT molecular complexity index is 422. The van der Waals surface area contributed by atoms with E-state index in [9.17, 15) is 8.78 Å². The summed E-state index contributed by atoms with van der Waals surface area (Å²) in [5.41, 5.74) is 0.989. The third kappa shape index (κ3) is 4.15. The molecule has 0 aliphatic carbocycles. The molecular weight excluding hydrogens is 262 g/mol. The van der Waals surface area contributed by atoms with Crippen LogP contribution in [0.4, 0.5) is 8.78 Å². The number of hydrogen-bond acceptors (Lipinski definition) is 3. The minimum Gasteiger partial charge on any atom is -0.435 e. The summed E-state index contributed by atoms with van der Waals surface area (Å²) >= 11 is 0. The zero-order chi connectivity index (χ0) is 14.5. The van der Waals surface area contributed by atoms with E-state index in [0.717, 1.165) is 18.7 Å². The lowest BCUT2D eigenvalue weighted by Crippen LogP contribution is -2.36. The van der Waals surface area contributed by atoms with Crippen LogP contribution in [0.25, 0.3) is 0 Å². The molecule has 1 heterocycles. The van der Waals surface area contributed by atoms with Crippen LogP contribution < -0.4 is 10.1 Å². The summed E-state index contributed by atoms with van der Waals surface area (Å²) in [5, 5.41) is 3.47. The van der Waals surface area contributed by atoms with Crippen molar-refractivity contribution in [2.45, 2.75) is 38.5 Å². The third-order valence-electron chi connectivity index (χ3n) is 3.90. The van der Waals surface area contributed by atoms with Crippen molar-refractivity contribution in [3.63, 3.8) is 0 Å². The van der Waals surface area contributed by atoms with Crippen molar-refractivity contribution in [3.8, 4) is 5.75 Å². The van der Waals surface area contributed by atoms with Crippen LogP contribution in [0.1, 0.15) is 31.4 Å². The molecule has 3 nitrogen and oxygen atoms in total. The van der Waals surface area contributed by atoms with Gasteiger partial charge in [-0.3, -0.25) is 4.90 Å². The predicted octanol–water partition coefficient (Wildman–Crippen LogP) is 3.03. The highest BCUT2D eigenvalue weighted by Gasteiger charge is 2.20. The number of ether oxygens (including phenoxy) is 1. The maximum atomic E-state index is 12.2. The molecule has 1 saturated heterocycles. The number of rotatable bonds is 6. The summed E-state index contributed by atoms with van der Waals surface area (Å²) < 4.78 is 28.9. The molecule has 1 aliphatic heterocycles. The van der Waals surface area contributed by atoms with Crippen molar-refractivity contribution in [3.05, 3.63) is 29.8 Å². The number of likely N-dealkylation sites (N-methyl/N-ethyl adjacent to an activating group) is 1. The first-order chi connectivity index (χ1) is 9.56. The molecule has 0 spiro atoms. The van der Waals surface area contributed by atoms with E-state index >= 15 is 0 Å². The van der Waals surface area contributed by atoms with Gasteiger partial charge in [-0.25, -0.2) is 0 Å². The lowest BCUT2D eigenvalue weighted by atomic mass is 10.1. The fourth-order valence-electron chi connectivity index (χ4n) is 2.62. The molecule has 1 N–H and O–H groups in total. The van der Waals surface area contributed by atoms with Crippen molar-refractivity contribution < 1.29 is 13.5 Å². The Morgan fingerprint density at radius 2 is 2.25 bits per heavy atom. The fourth-order valence-corrected chi connectivity index (χ4v) is 2.62. The van der Waals surface area contributed by atoms with E-state index in [1.165, 1.54) is 12.8 Å². The molecule has 112 valence electrons. The van der Waals surface area contributed by atoms with E-state index in [0.29, 0.717) is 6.04 Å². The lowest BCUT2D eigenvalue weighted by Gasteiger charge is -2.28. The number of hydrogen-bond donors (Lipinski definition) is 1. The van der Waals surface area contributed by atoms with Gasteiger partial charge in [-0.15, -0.1) is 0 Å². The number of nitrogens with zero attached hydrogens (tertiary/aromatic N) is 1. The van der Waals surface area contributed by atoms with Crippen molar-refractivity contribution in [2.75, 3.05) is 20.1 Å². The highest BCUT2D eigenvalue weighted by molar-refractivity contribution is 5.30. The number of halogens is 2. The van der Waals surface area contributed by atoms with Gasteiger partial charge in [0.15, 0.2) is 0 Å². The molecular formula is C15H22F2N2O. The first-order valence-electron chi connectivity index (χ1n) is 7.04. The van der Waals surface area contributed by atoms with E-state index in [4.69, 9.17) is 0 Å². The first-order valence-corrected chi connectivity index (χ1v) is 7.04. The largest absolute Gasteiger partial charge is 0.435 e. The minimum absolute atomic E-state index is 0.165. The van der Waals surface area contributed by atoms with Crippen LogP contribution in [0.2, 0.25) is 0 Å². The molecule has 2 atom stereocenters. The average molecular weight is 284 g/mol. The Labute approximate surface area is 118 Å². The Balaban J connectivity index is 1.97. The second-order valence-corrected chi connectivity index (χ2v) is 5.36. The van der Waals surface area contributed by atoms with Gasteiger partial charge in [0.1, 0.15) is 5.75 Å². The Morgan fingerprint density at radius 3 is 2.90 bits per heavy atom. The smallest absolute Gasteiger partial charge is 0.387 e. The van der Waals surface area contributed by atoms with Gasteiger partial charge < -0.3 is 10.1 Å². The predicted molar refractivity (Wildman–Crippen MR) is 75.1 cm³/mol. The Morgan fingerprint density at radius 1 is 1.45 bits per heavy atom. The van der Waals surface area contributed by atoms with Crippen LogP contribution in [-0.4, -0.2) is 37.7 Å². The normalized spacial score (nSPS) is 20.6. The molecule has 1 aliphatic rings. The molecule has 5 heteroatoms. The van der Waals surface area contributed by atoms with Gasteiger partial charge in [-0.05, 0) is 51.1 Å². The van der Waals surface area contributed by atoms with Crippen LogP contribution in [0.5, 0.6) is 5.75 Å². The average Bonchev–Trinajstić information content (AvgIpc) is 2.90. The summed E-state index contributed by atoms with van der Waals surface area (Å²) in [7, 11) is 2.06. The second kappa shape index (κ2) is 6.99. The zero-order valence-corrected chi connectivity index (χ0v) is 12.0. The molecule has 2 unspecified atom stereocenters. The van der Waals surface area contributed by atoms with Crippen LogP contribution in [0.3, 0.4) is 0 Å². The maximum Gasteiger partial charge on any atom is 0.387 e. The van der Waals surface area contributed by atoms with Crippen LogP contribution in [0.15, 0.2) is 24.3 Å². The van der Waals surface area contributed by atoms with Crippen molar-refractivity contribution in [2.24, 2.45) is 0 Å². The summed E-state index contributed by atoms with van der Waals surface area (Å²) in [6.07, 6.45) is 2.43. The van der Waals surface area contributed by atoms with Gasteiger partial charge in [0.25, 0.3) is 0 Å². The van der Waals surface area contributed by atoms with E-state index in [1.807, 2.05) is 6.07 Å². The standard InChI is InChI=1S/C15H22F2N2O/c1-11(19(2)10-13-6-4-8-18-13)12-5-3-7-14(9-12)20-15(16)17/h3,5,7,9,11,13,15,18H,4,6,8,10H2,1-2H3. The first kappa shape index (κ1) is 15.2. The van der Waals surface area contributed by atoms with E-state index < -0.39 is 6.61 Å². The zero-order valence-electron chi connectivity index (χ0n) is 12.0.